The summed E-state index contributed by atoms with van der Waals surface area (Å²) in [4.78, 5) is 12.2. The van der Waals surface area contributed by atoms with Crippen molar-refractivity contribution in [3.05, 3.63) is 58.1 Å². The van der Waals surface area contributed by atoms with Crippen LogP contribution >= 0.6 is 15.9 Å². The zero-order valence-corrected chi connectivity index (χ0v) is 16.7. The quantitative estimate of drug-likeness (QED) is 0.278. The van der Waals surface area contributed by atoms with Crippen LogP contribution in [0, 0.1) is 12.3 Å². The van der Waals surface area contributed by atoms with Gasteiger partial charge in [-0.05, 0) is 48.9 Å². The minimum Gasteiger partial charge on any atom is -0.494 e. The van der Waals surface area contributed by atoms with Crippen LogP contribution in [0.15, 0.2) is 52.0 Å². The van der Waals surface area contributed by atoms with Gasteiger partial charge in [0.15, 0.2) is 0 Å². The Morgan fingerprint density at radius 1 is 1.26 bits per heavy atom. The Labute approximate surface area is 167 Å². The third kappa shape index (κ3) is 6.80. The number of rotatable bonds is 9. The summed E-state index contributed by atoms with van der Waals surface area (Å²) >= 11 is 3.39. The molecule has 0 bridgehead atoms. The van der Waals surface area contributed by atoms with Crippen molar-refractivity contribution in [1.29, 1.82) is 0 Å². The number of ether oxygens (including phenoxy) is 2. The third-order valence-electron chi connectivity index (χ3n) is 3.54. The number of hydrogen-bond donors (Lipinski definition) is 1. The SMILES string of the molecule is C#CCOc1ccc(Br)cc1C=NNC(=O)c1ccc(OCCCC)cc1. The molecule has 2 rings (SSSR count). The number of amides is 1. The molecule has 0 unspecified atom stereocenters. The molecule has 2 aromatic rings. The summed E-state index contributed by atoms with van der Waals surface area (Å²) in [6.45, 7) is 2.93. The highest BCUT2D eigenvalue weighted by molar-refractivity contribution is 9.10. The number of nitrogens with zero attached hydrogens (tertiary/aromatic N) is 1. The molecule has 6 heteroatoms. The fraction of sp³-hybridized carbons (Fsp3) is 0.238. The molecular weight excluding hydrogens is 408 g/mol. The summed E-state index contributed by atoms with van der Waals surface area (Å²) in [5, 5.41) is 4.00. The molecule has 0 aromatic heterocycles. The van der Waals surface area contributed by atoms with Crippen LogP contribution in [0.2, 0.25) is 0 Å². The van der Waals surface area contributed by atoms with Gasteiger partial charge in [0.05, 0.1) is 12.8 Å². The lowest BCUT2D eigenvalue weighted by molar-refractivity contribution is 0.0955. The van der Waals surface area contributed by atoms with Gasteiger partial charge >= 0.3 is 0 Å². The first-order valence-electron chi connectivity index (χ1n) is 8.56. The van der Waals surface area contributed by atoms with Crippen LogP contribution < -0.4 is 14.9 Å². The van der Waals surface area contributed by atoms with Crippen molar-refractivity contribution in [2.24, 2.45) is 5.10 Å². The lowest BCUT2D eigenvalue weighted by atomic mass is 10.2. The van der Waals surface area contributed by atoms with Crippen molar-refractivity contribution in [2.75, 3.05) is 13.2 Å². The Bertz CT molecular complexity index is 826. The van der Waals surface area contributed by atoms with E-state index in [-0.39, 0.29) is 12.5 Å². The molecule has 0 radical (unpaired) electrons. The van der Waals surface area contributed by atoms with E-state index in [4.69, 9.17) is 15.9 Å². The topological polar surface area (TPSA) is 59.9 Å². The second-order valence-electron chi connectivity index (χ2n) is 5.60. The largest absolute Gasteiger partial charge is 0.494 e. The van der Waals surface area contributed by atoms with Gasteiger partial charge in [-0.15, -0.1) is 6.42 Å². The zero-order valence-electron chi connectivity index (χ0n) is 15.1. The maximum atomic E-state index is 12.2. The molecule has 140 valence electrons. The number of unbranched alkanes of at least 4 members (excludes halogenated alkanes) is 1. The maximum Gasteiger partial charge on any atom is 0.271 e. The van der Waals surface area contributed by atoms with Gasteiger partial charge < -0.3 is 9.47 Å². The van der Waals surface area contributed by atoms with Crippen molar-refractivity contribution in [3.8, 4) is 23.8 Å². The van der Waals surface area contributed by atoms with E-state index in [1.165, 1.54) is 6.21 Å². The Kier molecular flexibility index (Phi) is 8.40. The number of nitrogens with one attached hydrogen (secondary N) is 1. The second kappa shape index (κ2) is 11.0. The standard InChI is InChI=1S/C21H21BrN2O3/c1-3-5-13-26-19-9-6-16(7-10-19)21(25)24-23-15-17-14-18(22)8-11-20(17)27-12-4-2/h2,6-11,14-15H,3,5,12-13H2,1H3,(H,24,25). The summed E-state index contributed by atoms with van der Waals surface area (Å²) in [5.41, 5.74) is 3.69. The molecule has 0 fully saturated rings. The van der Waals surface area contributed by atoms with Gasteiger partial charge in [-0.1, -0.05) is 35.2 Å². The molecule has 2 aromatic carbocycles. The number of halogens is 1. The Hall–Kier alpha value is -2.78. The third-order valence-corrected chi connectivity index (χ3v) is 4.03. The molecule has 1 amide bonds. The van der Waals surface area contributed by atoms with Crippen LogP contribution in [0.25, 0.3) is 0 Å². The molecule has 0 aliphatic heterocycles. The summed E-state index contributed by atoms with van der Waals surface area (Å²) in [5.74, 6) is 3.43. The molecular formula is C21H21BrN2O3. The van der Waals surface area contributed by atoms with Crippen LogP contribution in [0.5, 0.6) is 11.5 Å². The molecule has 27 heavy (non-hydrogen) atoms. The van der Waals surface area contributed by atoms with Crippen LogP contribution in [-0.4, -0.2) is 25.3 Å². The van der Waals surface area contributed by atoms with E-state index >= 15 is 0 Å². The highest BCUT2D eigenvalue weighted by Crippen LogP contribution is 2.21. The van der Waals surface area contributed by atoms with Crippen LogP contribution in [-0.2, 0) is 0 Å². The van der Waals surface area contributed by atoms with E-state index in [1.807, 2.05) is 12.1 Å². The summed E-state index contributed by atoms with van der Waals surface area (Å²) in [6.07, 6.45) is 8.81. The van der Waals surface area contributed by atoms with Crippen molar-refractivity contribution < 1.29 is 14.3 Å². The molecule has 1 N–H and O–H groups in total. The number of carbonyl (C=O) groups is 1. The van der Waals surface area contributed by atoms with E-state index < -0.39 is 0 Å². The monoisotopic (exact) mass is 428 g/mol. The van der Waals surface area contributed by atoms with Crippen LogP contribution in [0.4, 0.5) is 0 Å². The van der Waals surface area contributed by atoms with E-state index in [2.05, 4.69) is 39.3 Å². The van der Waals surface area contributed by atoms with Crippen LogP contribution in [0.3, 0.4) is 0 Å². The molecule has 0 aliphatic rings. The molecule has 0 spiro atoms. The molecule has 0 heterocycles. The smallest absolute Gasteiger partial charge is 0.271 e. The second-order valence-corrected chi connectivity index (χ2v) is 6.52. The predicted molar refractivity (Wildman–Crippen MR) is 110 cm³/mol. The molecule has 0 saturated heterocycles. The van der Waals surface area contributed by atoms with Crippen molar-refractivity contribution in [3.63, 3.8) is 0 Å². The molecule has 0 aliphatic carbocycles. The lowest BCUT2D eigenvalue weighted by Crippen LogP contribution is -2.17. The first kappa shape index (κ1) is 20.5. The van der Waals surface area contributed by atoms with Gasteiger partial charge in [0.25, 0.3) is 5.91 Å². The number of benzene rings is 2. The number of carbonyl (C=O) groups excluding carboxylic acids is 1. The first-order valence-corrected chi connectivity index (χ1v) is 9.35. The minimum atomic E-state index is -0.313. The number of hydrogen-bond acceptors (Lipinski definition) is 4. The number of hydrazone groups is 1. The van der Waals surface area contributed by atoms with Gasteiger partial charge in [0, 0.05) is 15.6 Å². The fourth-order valence-corrected chi connectivity index (χ4v) is 2.51. The summed E-state index contributed by atoms with van der Waals surface area (Å²) in [6, 6.07) is 12.4. The van der Waals surface area contributed by atoms with Gasteiger partial charge in [-0.3, -0.25) is 4.79 Å². The van der Waals surface area contributed by atoms with Gasteiger partial charge in [-0.25, -0.2) is 5.43 Å². The average Bonchev–Trinajstić information content (AvgIpc) is 2.68. The predicted octanol–water partition coefficient (Wildman–Crippen LogP) is 4.40. The van der Waals surface area contributed by atoms with Gasteiger partial charge in [0.2, 0.25) is 0 Å². The summed E-state index contributed by atoms with van der Waals surface area (Å²) in [7, 11) is 0. The molecule has 5 nitrogen and oxygen atoms in total. The average molecular weight is 429 g/mol. The normalized spacial score (nSPS) is 10.4. The molecule has 0 saturated carbocycles. The van der Waals surface area contributed by atoms with Crippen molar-refractivity contribution in [2.45, 2.75) is 19.8 Å². The zero-order chi connectivity index (χ0) is 19.5. The number of terminal acetylenes is 1. The molecule has 0 atom stereocenters. The first-order chi connectivity index (χ1) is 13.1. The Morgan fingerprint density at radius 2 is 2.04 bits per heavy atom. The lowest BCUT2D eigenvalue weighted by Gasteiger charge is -2.07. The van der Waals surface area contributed by atoms with E-state index in [0.29, 0.717) is 23.5 Å². The van der Waals surface area contributed by atoms with E-state index in [9.17, 15) is 4.79 Å². The summed E-state index contributed by atoms with van der Waals surface area (Å²) < 4.78 is 11.9. The fourth-order valence-electron chi connectivity index (χ4n) is 2.13. The van der Waals surface area contributed by atoms with Crippen molar-refractivity contribution >= 4 is 28.1 Å². The maximum absolute atomic E-state index is 12.2. The van der Waals surface area contributed by atoms with Gasteiger partial charge in [0.1, 0.15) is 18.1 Å². The Morgan fingerprint density at radius 3 is 2.74 bits per heavy atom. The Balaban J connectivity index is 1.97. The minimum absolute atomic E-state index is 0.154. The highest BCUT2D eigenvalue weighted by Gasteiger charge is 2.06. The van der Waals surface area contributed by atoms with E-state index in [0.717, 1.165) is 23.1 Å². The highest BCUT2D eigenvalue weighted by atomic mass is 79.9. The van der Waals surface area contributed by atoms with Crippen LogP contribution in [0.1, 0.15) is 35.7 Å². The van der Waals surface area contributed by atoms with E-state index in [1.54, 1.807) is 30.3 Å². The van der Waals surface area contributed by atoms with Gasteiger partial charge in [-0.2, -0.15) is 5.10 Å². The van der Waals surface area contributed by atoms with Crippen molar-refractivity contribution in [1.82, 2.24) is 5.43 Å².